The Bertz CT molecular complexity index is 442. The molecular weight excluding hydrogens is 272 g/mol. The highest BCUT2D eigenvalue weighted by molar-refractivity contribution is 6.33. The SMILES string of the molecule is CCNC(C)c1ccc(N2CC(C)OC(C)C2)c(Cl)c1. The van der Waals surface area contributed by atoms with Gasteiger partial charge >= 0.3 is 0 Å². The number of ether oxygens (including phenoxy) is 1. The molecule has 0 aliphatic carbocycles. The van der Waals surface area contributed by atoms with Crippen LogP contribution in [0, 0.1) is 0 Å². The zero-order chi connectivity index (χ0) is 14.7. The van der Waals surface area contributed by atoms with Crippen LogP contribution >= 0.6 is 11.6 Å². The van der Waals surface area contributed by atoms with Crippen molar-refractivity contribution in [2.75, 3.05) is 24.5 Å². The van der Waals surface area contributed by atoms with Gasteiger partial charge in [-0.15, -0.1) is 0 Å². The Labute approximate surface area is 127 Å². The summed E-state index contributed by atoms with van der Waals surface area (Å²) in [6.07, 6.45) is 0.491. The summed E-state index contributed by atoms with van der Waals surface area (Å²) in [6.45, 7) is 11.2. The lowest BCUT2D eigenvalue weighted by molar-refractivity contribution is -0.00520. The number of morpholine rings is 1. The predicted molar refractivity (Wildman–Crippen MR) is 85.8 cm³/mol. The number of benzene rings is 1. The molecule has 1 aliphatic heterocycles. The minimum Gasteiger partial charge on any atom is -0.372 e. The topological polar surface area (TPSA) is 24.5 Å². The van der Waals surface area contributed by atoms with Gasteiger partial charge in [0, 0.05) is 19.1 Å². The maximum atomic E-state index is 6.49. The molecule has 1 saturated heterocycles. The van der Waals surface area contributed by atoms with Gasteiger partial charge in [0.05, 0.1) is 22.9 Å². The highest BCUT2D eigenvalue weighted by atomic mass is 35.5. The van der Waals surface area contributed by atoms with Gasteiger partial charge in [0.2, 0.25) is 0 Å². The Hall–Kier alpha value is -0.770. The zero-order valence-electron chi connectivity index (χ0n) is 12.8. The lowest BCUT2D eigenvalue weighted by atomic mass is 10.1. The normalized spacial score (nSPS) is 24.8. The molecule has 1 N–H and O–H groups in total. The fourth-order valence-electron chi connectivity index (χ4n) is 2.85. The summed E-state index contributed by atoms with van der Waals surface area (Å²) in [5.41, 5.74) is 2.34. The number of rotatable bonds is 4. The van der Waals surface area contributed by atoms with Crippen molar-refractivity contribution in [1.29, 1.82) is 0 Å². The predicted octanol–water partition coefficient (Wildman–Crippen LogP) is 3.62. The average molecular weight is 297 g/mol. The molecule has 4 heteroatoms. The van der Waals surface area contributed by atoms with Gasteiger partial charge in [-0.25, -0.2) is 0 Å². The lowest BCUT2D eigenvalue weighted by Gasteiger charge is -2.37. The molecule has 0 bridgehead atoms. The molecule has 1 aliphatic rings. The van der Waals surface area contributed by atoms with Crippen LogP contribution in [-0.4, -0.2) is 31.8 Å². The molecule has 3 unspecified atom stereocenters. The molecule has 1 fully saturated rings. The molecule has 1 heterocycles. The number of hydrogen-bond acceptors (Lipinski definition) is 3. The highest BCUT2D eigenvalue weighted by Gasteiger charge is 2.24. The van der Waals surface area contributed by atoms with Gasteiger partial charge in [-0.2, -0.15) is 0 Å². The first-order valence-electron chi connectivity index (χ1n) is 7.44. The van der Waals surface area contributed by atoms with Crippen LogP contribution in [0.15, 0.2) is 18.2 Å². The number of hydrogen-bond donors (Lipinski definition) is 1. The highest BCUT2D eigenvalue weighted by Crippen LogP contribution is 2.31. The number of halogens is 1. The standard InChI is InChI=1S/C16H25ClN2O/c1-5-18-13(4)14-6-7-16(15(17)8-14)19-9-11(2)20-12(3)10-19/h6-8,11-13,18H,5,9-10H2,1-4H3. The molecule has 0 amide bonds. The Morgan fingerprint density at radius 2 is 2.00 bits per heavy atom. The van der Waals surface area contributed by atoms with Crippen molar-refractivity contribution in [3.8, 4) is 0 Å². The Morgan fingerprint density at radius 3 is 2.55 bits per heavy atom. The van der Waals surface area contributed by atoms with E-state index in [1.807, 2.05) is 0 Å². The molecule has 3 nitrogen and oxygen atoms in total. The van der Waals surface area contributed by atoms with E-state index in [1.165, 1.54) is 5.56 Å². The van der Waals surface area contributed by atoms with Gasteiger partial charge in [-0.1, -0.05) is 24.6 Å². The molecule has 2 rings (SSSR count). The molecule has 0 radical (unpaired) electrons. The monoisotopic (exact) mass is 296 g/mol. The molecule has 0 spiro atoms. The number of nitrogens with one attached hydrogen (secondary N) is 1. The fraction of sp³-hybridized carbons (Fsp3) is 0.625. The van der Waals surface area contributed by atoms with Crippen LogP contribution < -0.4 is 10.2 Å². The third-order valence-electron chi connectivity index (χ3n) is 3.74. The molecule has 0 aromatic heterocycles. The summed E-state index contributed by atoms with van der Waals surface area (Å²) in [5.74, 6) is 0. The van der Waals surface area contributed by atoms with E-state index < -0.39 is 0 Å². The molecule has 20 heavy (non-hydrogen) atoms. The van der Waals surface area contributed by atoms with E-state index >= 15 is 0 Å². The largest absolute Gasteiger partial charge is 0.372 e. The van der Waals surface area contributed by atoms with Crippen LogP contribution in [0.4, 0.5) is 5.69 Å². The summed E-state index contributed by atoms with van der Waals surface area (Å²) < 4.78 is 5.78. The maximum Gasteiger partial charge on any atom is 0.0726 e. The second-order valence-corrected chi connectivity index (χ2v) is 6.06. The molecule has 1 aromatic rings. The Kier molecular flexibility index (Phi) is 5.30. The molecule has 3 atom stereocenters. The number of anilines is 1. The van der Waals surface area contributed by atoms with Crippen molar-refractivity contribution in [1.82, 2.24) is 5.32 Å². The van der Waals surface area contributed by atoms with Gasteiger partial charge in [0.15, 0.2) is 0 Å². The van der Waals surface area contributed by atoms with Gasteiger partial charge < -0.3 is 15.0 Å². The van der Waals surface area contributed by atoms with Crippen LogP contribution in [-0.2, 0) is 4.74 Å². The van der Waals surface area contributed by atoms with Crippen molar-refractivity contribution in [2.45, 2.75) is 45.9 Å². The second-order valence-electron chi connectivity index (χ2n) is 5.65. The quantitative estimate of drug-likeness (QED) is 0.918. The van der Waals surface area contributed by atoms with Crippen molar-refractivity contribution >= 4 is 17.3 Å². The minimum atomic E-state index is 0.246. The first kappa shape index (κ1) is 15.6. The summed E-state index contributed by atoms with van der Waals surface area (Å²) in [4.78, 5) is 2.32. The zero-order valence-corrected chi connectivity index (χ0v) is 13.6. The van der Waals surface area contributed by atoms with Crippen LogP contribution in [0.25, 0.3) is 0 Å². The van der Waals surface area contributed by atoms with Gasteiger partial charge in [-0.05, 0) is 45.0 Å². The summed E-state index contributed by atoms with van der Waals surface area (Å²) in [5, 5.41) is 4.24. The smallest absolute Gasteiger partial charge is 0.0726 e. The van der Waals surface area contributed by atoms with Gasteiger partial charge in [-0.3, -0.25) is 0 Å². The first-order chi connectivity index (χ1) is 9.51. The van der Waals surface area contributed by atoms with Gasteiger partial charge in [0.25, 0.3) is 0 Å². The van der Waals surface area contributed by atoms with E-state index in [9.17, 15) is 0 Å². The van der Waals surface area contributed by atoms with E-state index in [1.54, 1.807) is 0 Å². The number of nitrogens with zero attached hydrogens (tertiary/aromatic N) is 1. The summed E-state index contributed by atoms with van der Waals surface area (Å²) in [6, 6.07) is 6.71. The Balaban J connectivity index is 2.17. The Morgan fingerprint density at radius 1 is 1.35 bits per heavy atom. The molecule has 1 aromatic carbocycles. The average Bonchev–Trinajstić information content (AvgIpc) is 2.37. The third kappa shape index (κ3) is 3.66. The lowest BCUT2D eigenvalue weighted by Crippen LogP contribution is -2.45. The molecule has 112 valence electrons. The first-order valence-corrected chi connectivity index (χ1v) is 7.82. The van der Waals surface area contributed by atoms with Crippen LogP contribution in [0.2, 0.25) is 5.02 Å². The van der Waals surface area contributed by atoms with Crippen molar-refractivity contribution < 1.29 is 4.74 Å². The van der Waals surface area contributed by atoms with E-state index in [-0.39, 0.29) is 12.2 Å². The maximum absolute atomic E-state index is 6.49. The minimum absolute atomic E-state index is 0.246. The third-order valence-corrected chi connectivity index (χ3v) is 4.05. The van der Waals surface area contributed by atoms with Crippen LogP contribution in [0.1, 0.15) is 39.3 Å². The van der Waals surface area contributed by atoms with E-state index in [4.69, 9.17) is 16.3 Å². The van der Waals surface area contributed by atoms with E-state index in [0.29, 0.717) is 6.04 Å². The van der Waals surface area contributed by atoms with Gasteiger partial charge in [0.1, 0.15) is 0 Å². The van der Waals surface area contributed by atoms with Crippen molar-refractivity contribution in [3.05, 3.63) is 28.8 Å². The van der Waals surface area contributed by atoms with Crippen molar-refractivity contribution in [2.24, 2.45) is 0 Å². The summed E-state index contributed by atoms with van der Waals surface area (Å²) >= 11 is 6.49. The molecular formula is C16H25ClN2O. The summed E-state index contributed by atoms with van der Waals surface area (Å²) in [7, 11) is 0. The van der Waals surface area contributed by atoms with Crippen molar-refractivity contribution in [3.63, 3.8) is 0 Å². The fourth-order valence-corrected chi connectivity index (χ4v) is 3.16. The van der Waals surface area contributed by atoms with E-state index in [2.05, 4.69) is 56.1 Å². The molecule has 0 saturated carbocycles. The van der Waals surface area contributed by atoms with Crippen LogP contribution in [0.5, 0.6) is 0 Å². The van der Waals surface area contributed by atoms with E-state index in [0.717, 1.165) is 30.3 Å². The second kappa shape index (κ2) is 6.79. The van der Waals surface area contributed by atoms with Crippen LogP contribution in [0.3, 0.4) is 0 Å².